The van der Waals surface area contributed by atoms with Crippen molar-refractivity contribution in [3.63, 3.8) is 0 Å². The summed E-state index contributed by atoms with van der Waals surface area (Å²) in [6.07, 6.45) is 1.80. The number of fused-ring (bicyclic) bond motifs is 1. The maximum Gasteiger partial charge on any atom is 0.266 e. The Kier molecular flexibility index (Phi) is 5.06. The highest BCUT2D eigenvalue weighted by Gasteiger charge is 2.14. The van der Waals surface area contributed by atoms with Crippen LogP contribution in [0.2, 0.25) is 5.02 Å². The fourth-order valence-electron chi connectivity index (χ4n) is 2.21. The van der Waals surface area contributed by atoms with E-state index in [4.69, 9.17) is 23.2 Å². The Labute approximate surface area is 147 Å². The molecule has 116 valence electrons. The molecule has 0 fully saturated rings. The summed E-state index contributed by atoms with van der Waals surface area (Å²) in [5, 5.41) is 1.64. The normalized spacial score (nSPS) is 11.4. The third kappa shape index (κ3) is 3.29. The van der Waals surface area contributed by atoms with Gasteiger partial charge in [-0.1, -0.05) is 65.3 Å². The van der Waals surface area contributed by atoms with E-state index in [0.29, 0.717) is 32.5 Å². The number of aromatic nitrogens is 2. The molecule has 23 heavy (non-hydrogen) atoms. The van der Waals surface area contributed by atoms with Crippen LogP contribution >= 0.6 is 35.0 Å². The summed E-state index contributed by atoms with van der Waals surface area (Å²) in [6.45, 7) is 0. The van der Waals surface area contributed by atoms with Crippen molar-refractivity contribution in [3.05, 3.63) is 75.5 Å². The monoisotopic (exact) mass is 362 g/mol. The Morgan fingerprint density at radius 3 is 2.65 bits per heavy atom. The van der Waals surface area contributed by atoms with Gasteiger partial charge in [-0.3, -0.25) is 9.36 Å². The van der Waals surface area contributed by atoms with Crippen molar-refractivity contribution < 1.29 is 0 Å². The summed E-state index contributed by atoms with van der Waals surface area (Å²) in [7, 11) is 0. The summed E-state index contributed by atoms with van der Waals surface area (Å²) in [5.41, 5.74) is 2.60. The number of hydrogen-bond donors (Lipinski definition) is 0. The van der Waals surface area contributed by atoms with Gasteiger partial charge in [0, 0.05) is 11.3 Å². The summed E-state index contributed by atoms with van der Waals surface area (Å²) in [5.74, 6) is 0.610. The Hall–Kier alpha value is -1.75. The van der Waals surface area contributed by atoms with E-state index in [1.54, 1.807) is 22.8 Å². The predicted molar refractivity (Wildman–Crippen MR) is 98.1 cm³/mol. The van der Waals surface area contributed by atoms with Gasteiger partial charge in [0.1, 0.15) is 0 Å². The smallest absolute Gasteiger partial charge is 0.266 e. The fraction of sp³-hybridized carbons (Fsp3) is 0.0588. The molecule has 0 spiro atoms. The lowest BCUT2D eigenvalue weighted by molar-refractivity contribution is 0.821. The summed E-state index contributed by atoms with van der Waals surface area (Å²) >= 11 is 13.3. The van der Waals surface area contributed by atoms with Gasteiger partial charge in [-0.05, 0) is 24.3 Å². The van der Waals surface area contributed by atoms with Crippen LogP contribution in [0.25, 0.3) is 16.6 Å². The van der Waals surface area contributed by atoms with Crippen molar-refractivity contribution in [2.75, 3.05) is 5.75 Å². The van der Waals surface area contributed by atoms with Crippen LogP contribution in [0, 0.1) is 0 Å². The summed E-state index contributed by atoms with van der Waals surface area (Å²) < 4.78 is 1.55. The molecular weight excluding hydrogens is 351 g/mol. The molecule has 0 aliphatic heterocycles. The molecule has 0 atom stereocenters. The molecule has 6 heteroatoms. The van der Waals surface area contributed by atoms with E-state index in [9.17, 15) is 4.79 Å². The van der Waals surface area contributed by atoms with Gasteiger partial charge in [-0.15, -0.1) is 0 Å². The van der Waals surface area contributed by atoms with E-state index in [0.717, 1.165) is 0 Å². The molecule has 1 aromatic heterocycles. The molecule has 0 saturated heterocycles. The van der Waals surface area contributed by atoms with Gasteiger partial charge >= 0.3 is 0 Å². The van der Waals surface area contributed by atoms with Crippen molar-refractivity contribution in [1.82, 2.24) is 9.55 Å². The number of nitrogens with zero attached hydrogens (tertiary/aromatic N) is 2. The summed E-state index contributed by atoms with van der Waals surface area (Å²) in [4.78, 5) is 17.6. The van der Waals surface area contributed by atoms with E-state index >= 15 is 0 Å². The molecule has 3 aromatic rings. The van der Waals surface area contributed by atoms with Gasteiger partial charge < -0.3 is 0 Å². The van der Waals surface area contributed by atoms with Crippen molar-refractivity contribution >= 4 is 45.9 Å². The van der Waals surface area contributed by atoms with Crippen molar-refractivity contribution in [2.45, 2.75) is 5.16 Å². The van der Waals surface area contributed by atoms with Gasteiger partial charge in [-0.25, -0.2) is 4.98 Å². The fourth-order valence-corrected chi connectivity index (χ4v) is 3.44. The topological polar surface area (TPSA) is 34.9 Å². The lowest BCUT2D eigenvalue weighted by Crippen LogP contribution is -2.22. The third-order valence-electron chi connectivity index (χ3n) is 3.24. The number of benzene rings is 2. The first kappa shape index (κ1) is 16.1. The Bertz CT molecular complexity index is 937. The van der Waals surface area contributed by atoms with Gasteiger partial charge in [0.15, 0.2) is 5.16 Å². The SMILES string of the molecule is O=c1c2ccccc2nc(SC/C=C/Cl)n1-c1ccccc1Cl. The minimum atomic E-state index is -0.138. The first-order valence-corrected chi connectivity index (χ1v) is 8.67. The molecule has 0 aliphatic rings. The lowest BCUT2D eigenvalue weighted by atomic mass is 10.2. The maximum atomic E-state index is 12.9. The summed E-state index contributed by atoms with van der Waals surface area (Å²) in [6, 6.07) is 14.5. The Balaban J connectivity index is 2.28. The highest BCUT2D eigenvalue weighted by Crippen LogP contribution is 2.25. The molecule has 3 rings (SSSR count). The van der Waals surface area contributed by atoms with E-state index < -0.39 is 0 Å². The maximum absolute atomic E-state index is 12.9. The molecule has 2 aromatic carbocycles. The second-order valence-corrected chi connectivity index (χ2v) is 6.32. The van der Waals surface area contributed by atoms with E-state index in [1.165, 1.54) is 17.3 Å². The van der Waals surface area contributed by atoms with Crippen molar-refractivity contribution in [1.29, 1.82) is 0 Å². The highest BCUT2D eigenvalue weighted by molar-refractivity contribution is 7.99. The third-order valence-corrected chi connectivity index (χ3v) is 4.62. The van der Waals surface area contributed by atoms with Gasteiger partial charge in [-0.2, -0.15) is 0 Å². The van der Waals surface area contributed by atoms with Crippen LogP contribution in [-0.2, 0) is 0 Å². The van der Waals surface area contributed by atoms with Gasteiger partial charge in [0.05, 0.1) is 21.6 Å². The second-order valence-electron chi connectivity index (χ2n) is 4.68. The number of thioether (sulfide) groups is 1. The standard InChI is InChI=1S/C17H12Cl2N2OS/c18-10-5-11-23-17-20-14-8-3-1-6-12(14)16(22)21(17)15-9-4-2-7-13(15)19/h1-10H,11H2/b10-5+. The highest BCUT2D eigenvalue weighted by atomic mass is 35.5. The van der Waals surface area contributed by atoms with Crippen LogP contribution < -0.4 is 5.56 Å². The molecule has 0 bridgehead atoms. The second kappa shape index (κ2) is 7.21. The van der Waals surface area contributed by atoms with Crippen LogP contribution in [0.4, 0.5) is 0 Å². The van der Waals surface area contributed by atoms with Gasteiger partial charge in [0.2, 0.25) is 0 Å². The molecule has 0 radical (unpaired) electrons. The molecule has 0 saturated carbocycles. The van der Waals surface area contributed by atoms with Crippen molar-refractivity contribution in [3.8, 4) is 5.69 Å². The molecule has 0 unspecified atom stereocenters. The number of hydrogen-bond acceptors (Lipinski definition) is 3. The molecule has 1 heterocycles. The molecule has 0 amide bonds. The first-order chi connectivity index (χ1) is 11.2. The average Bonchev–Trinajstić information content (AvgIpc) is 2.57. The largest absolute Gasteiger partial charge is 0.268 e. The van der Waals surface area contributed by atoms with Crippen LogP contribution in [-0.4, -0.2) is 15.3 Å². The molecular formula is C17H12Cl2N2OS. The van der Waals surface area contributed by atoms with E-state index in [-0.39, 0.29) is 5.56 Å². The van der Waals surface area contributed by atoms with Crippen LogP contribution in [0.1, 0.15) is 0 Å². The van der Waals surface area contributed by atoms with E-state index in [1.807, 2.05) is 36.4 Å². The minimum absolute atomic E-state index is 0.138. The number of para-hydroxylation sites is 2. The van der Waals surface area contributed by atoms with Crippen LogP contribution in [0.5, 0.6) is 0 Å². The zero-order chi connectivity index (χ0) is 16.2. The minimum Gasteiger partial charge on any atom is -0.268 e. The average molecular weight is 363 g/mol. The van der Waals surface area contributed by atoms with E-state index in [2.05, 4.69) is 4.98 Å². The van der Waals surface area contributed by atoms with Crippen LogP contribution in [0.3, 0.4) is 0 Å². The van der Waals surface area contributed by atoms with Crippen molar-refractivity contribution in [2.24, 2.45) is 0 Å². The lowest BCUT2D eigenvalue weighted by Gasteiger charge is -2.13. The van der Waals surface area contributed by atoms with Crippen LogP contribution in [0.15, 0.2) is 70.1 Å². The quantitative estimate of drug-likeness (QED) is 0.489. The van der Waals surface area contributed by atoms with Gasteiger partial charge in [0.25, 0.3) is 5.56 Å². The Morgan fingerprint density at radius 1 is 1.13 bits per heavy atom. The predicted octanol–water partition coefficient (Wildman–Crippen LogP) is 4.88. The zero-order valence-corrected chi connectivity index (χ0v) is 14.3. The molecule has 0 N–H and O–H groups in total. The number of halogens is 2. The molecule has 0 aliphatic carbocycles. The number of rotatable bonds is 4. The Morgan fingerprint density at radius 2 is 1.87 bits per heavy atom. The zero-order valence-electron chi connectivity index (χ0n) is 11.9. The first-order valence-electron chi connectivity index (χ1n) is 6.87. The molecule has 3 nitrogen and oxygen atoms in total.